The van der Waals surface area contributed by atoms with Crippen LogP contribution < -0.4 is 4.72 Å². The number of hydrogen-bond acceptors (Lipinski definition) is 3. The molecule has 0 saturated carbocycles. The second kappa shape index (κ2) is 5.57. The molecule has 0 aliphatic rings. The average molecular weight is 292 g/mol. The zero-order valence-electron chi connectivity index (χ0n) is 10.7. The molecule has 4 nitrogen and oxygen atoms in total. The number of benzene rings is 1. The fourth-order valence-electron chi connectivity index (χ4n) is 1.51. The van der Waals surface area contributed by atoms with Crippen molar-refractivity contribution < 1.29 is 13.5 Å². The summed E-state index contributed by atoms with van der Waals surface area (Å²) in [6.45, 7) is 4.90. The molecule has 0 bridgehead atoms. The molecule has 0 heterocycles. The Labute approximate surface area is 113 Å². The van der Waals surface area contributed by atoms with E-state index in [1.807, 2.05) is 6.92 Å². The molecular weight excluding hydrogens is 274 g/mol. The maximum absolute atomic E-state index is 12.2. The van der Waals surface area contributed by atoms with Crippen LogP contribution in [0.1, 0.15) is 25.8 Å². The zero-order valence-corrected chi connectivity index (χ0v) is 12.3. The number of hydrogen-bond donors (Lipinski definition) is 2. The summed E-state index contributed by atoms with van der Waals surface area (Å²) in [4.78, 5) is 0.181. The molecular formula is C12H18ClNO3S. The molecule has 6 heteroatoms. The van der Waals surface area contributed by atoms with Gasteiger partial charge in [0.25, 0.3) is 0 Å². The van der Waals surface area contributed by atoms with Gasteiger partial charge in [-0.1, -0.05) is 18.5 Å². The highest BCUT2D eigenvalue weighted by Gasteiger charge is 2.29. The Bertz CT molecular complexity index is 524. The Kier molecular flexibility index (Phi) is 4.78. The third-order valence-electron chi connectivity index (χ3n) is 2.94. The van der Waals surface area contributed by atoms with Crippen LogP contribution in [0.5, 0.6) is 0 Å². The van der Waals surface area contributed by atoms with Gasteiger partial charge in [0.1, 0.15) is 0 Å². The monoisotopic (exact) mass is 291 g/mol. The Hall–Kier alpha value is -0.620. The molecule has 0 radical (unpaired) electrons. The lowest BCUT2D eigenvalue weighted by Gasteiger charge is -2.27. The fourth-order valence-corrected chi connectivity index (χ4v) is 3.43. The van der Waals surface area contributed by atoms with Crippen molar-refractivity contribution in [2.75, 3.05) is 6.61 Å². The van der Waals surface area contributed by atoms with Crippen molar-refractivity contribution >= 4 is 21.6 Å². The Balaban J connectivity index is 3.15. The van der Waals surface area contributed by atoms with Gasteiger partial charge >= 0.3 is 0 Å². The van der Waals surface area contributed by atoms with Crippen molar-refractivity contribution in [1.29, 1.82) is 0 Å². The summed E-state index contributed by atoms with van der Waals surface area (Å²) in [6, 6.07) is 4.59. The number of sulfonamides is 1. The lowest BCUT2D eigenvalue weighted by atomic mass is 10.0. The van der Waals surface area contributed by atoms with Crippen LogP contribution in [0.25, 0.3) is 0 Å². The first-order valence-electron chi connectivity index (χ1n) is 5.65. The SMILES string of the molecule is CCC(C)(CO)NS(=O)(=O)c1ccc(Cl)cc1C. The highest BCUT2D eigenvalue weighted by Crippen LogP contribution is 2.21. The summed E-state index contributed by atoms with van der Waals surface area (Å²) < 4.78 is 27.0. The molecule has 0 aliphatic heterocycles. The molecule has 1 unspecified atom stereocenters. The van der Waals surface area contributed by atoms with Gasteiger partial charge in [-0.15, -0.1) is 0 Å². The molecule has 1 atom stereocenters. The van der Waals surface area contributed by atoms with E-state index >= 15 is 0 Å². The largest absolute Gasteiger partial charge is 0.394 e. The lowest BCUT2D eigenvalue weighted by Crippen LogP contribution is -2.48. The Morgan fingerprint density at radius 3 is 2.50 bits per heavy atom. The van der Waals surface area contributed by atoms with E-state index in [1.165, 1.54) is 12.1 Å². The van der Waals surface area contributed by atoms with Crippen LogP contribution in [-0.4, -0.2) is 25.7 Å². The summed E-state index contributed by atoms with van der Waals surface area (Å²) in [5.41, 5.74) is -0.281. The minimum Gasteiger partial charge on any atom is -0.394 e. The first-order chi connectivity index (χ1) is 8.24. The van der Waals surface area contributed by atoms with Crippen LogP contribution in [0.15, 0.2) is 23.1 Å². The van der Waals surface area contributed by atoms with Crippen LogP contribution in [0, 0.1) is 6.92 Å². The maximum atomic E-state index is 12.2. The number of aliphatic hydroxyl groups is 1. The van der Waals surface area contributed by atoms with Gasteiger partial charge in [0.2, 0.25) is 10.0 Å². The van der Waals surface area contributed by atoms with E-state index in [9.17, 15) is 13.5 Å². The molecule has 18 heavy (non-hydrogen) atoms. The minimum absolute atomic E-state index is 0.181. The summed E-state index contributed by atoms with van der Waals surface area (Å²) in [5, 5.41) is 9.75. The third kappa shape index (κ3) is 3.45. The highest BCUT2D eigenvalue weighted by atomic mass is 35.5. The smallest absolute Gasteiger partial charge is 0.241 e. The number of rotatable bonds is 5. The van der Waals surface area contributed by atoms with Crippen LogP contribution >= 0.6 is 11.6 Å². The average Bonchev–Trinajstić information content (AvgIpc) is 2.27. The lowest BCUT2D eigenvalue weighted by molar-refractivity contribution is 0.191. The zero-order chi connectivity index (χ0) is 14.0. The van der Waals surface area contributed by atoms with Crippen molar-refractivity contribution in [3.05, 3.63) is 28.8 Å². The predicted molar refractivity (Wildman–Crippen MR) is 72.3 cm³/mol. The predicted octanol–water partition coefficient (Wildman–Crippen LogP) is 2.09. The van der Waals surface area contributed by atoms with Gasteiger partial charge in [-0.25, -0.2) is 13.1 Å². The standard InChI is InChI=1S/C12H18ClNO3S/c1-4-12(3,8-15)14-18(16,17)11-6-5-10(13)7-9(11)2/h5-7,14-15H,4,8H2,1-3H3. The van der Waals surface area contributed by atoms with E-state index in [2.05, 4.69) is 4.72 Å². The van der Waals surface area contributed by atoms with Crippen molar-refractivity contribution in [2.24, 2.45) is 0 Å². The number of aliphatic hydroxyl groups excluding tert-OH is 1. The molecule has 102 valence electrons. The normalized spacial score (nSPS) is 15.4. The molecule has 0 aliphatic carbocycles. The Morgan fingerprint density at radius 1 is 1.44 bits per heavy atom. The second-order valence-electron chi connectivity index (χ2n) is 4.59. The molecule has 0 aromatic heterocycles. The molecule has 0 fully saturated rings. The molecule has 1 aromatic carbocycles. The summed E-state index contributed by atoms with van der Waals surface area (Å²) in [5.74, 6) is 0. The summed E-state index contributed by atoms with van der Waals surface area (Å²) in [7, 11) is -3.66. The third-order valence-corrected chi connectivity index (χ3v) is 4.97. The first-order valence-corrected chi connectivity index (χ1v) is 7.51. The van der Waals surface area contributed by atoms with Crippen molar-refractivity contribution in [2.45, 2.75) is 37.6 Å². The van der Waals surface area contributed by atoms with Crippen LogP contribution in [0.4, 0.5) is 0 Å². The van der Waals surface area contributed by atoms with Crippen molar-refractivity contribution in [1.82, 2.24) is 4.72 Å². The number of halogens is 1. The summed E-state index contributed by atoms with van der Waals surface area (Å²) in [6.07, 6.45) is 0.495. The van der Waals surface area contributed by atoms with Crippen molar-refractivity contribution in [3.63, 3.8) is 0 Å². The number of aryl methyl sites for hydroxylation is 1. The number of nitrogens with one attached hydrogen (secondary N) is 1. The van der Waals surface area contributed by atoms with Gasteiger partial charge in [-0.2, -0.15) is 0 Å². The first kappa shape index (κ1) is 15.4. The van der Waals surface area contributed by atoms with Crippen LogP contribution in [-0.2, 0) is 10.0 Å². The van der Waals surface area contributed by atoms with Gasteiger partial charge in [0.05, 0.1) is 17.0 Å². The maximum Gasteiger partial charge on any atom is 0.241 e. The van der Waals surface area contributed by atoms with Gasteiger partial charge < -0.3 is 5.11 Å². The van der Waals surface area contributed by atoms with Gasteiger partial charge in [-0.3, -0.25) is 0 Å². The topological polar surface area (TPSA) is 66.4 Å². The quantitative estimate of drug-likeness (QED) is 0.873. The molecule has 0 saturated heterocycles. The van der Waals surface area contributed by atoms with E-state index in [1.54, 1.807) is 19.9 Å². The van der Waals surface area contributed by atoms with Crippen LogP contribution in [0.3, 0.4) is 0 Å². The van der Waals surface area contributed by atoms with Crippen molar-refractivity contribution in [3.8, 4) is 0 Å². The molecule has 2 N–H and O–H groups in total. The Morgan fingerprint density at radius 2 is 2.06 bits per heavy atom. The molecule has 1 aromatic rings. The van der Waals surface area contributed by atoms with Gasteiger partial charge in [0, 0.05) is 5.02 Å². The summed E-state index contributed by atoms with van der Waals surface area (Å²) >= 11 is 5.80. The molecule has 0 amide bonds. The van der Waals surface area contributed by atoms with E-state index in [0.29, 0.717) is 17.0 Å². The second-order valence-corrected chi connectivity index (χ2v) is 6.67. The molecule has 1 rings (SSSR count). The van der Waals surface area contributed by atoms with E-state index in [0.717, 1.165) is 0 Å². The minimum atomic E-state index is -3.66. The van der Waals surface area contributed by atoms with Gasteiger partial charge in [-0.05, 0) is 44.0 Å². The molecule has 0 spiro atoms. The van der Waals surface area contributed by atoms with E-state index < -0.39 is 15.6 Å². The fraction of sp³-hybridized carbons (Fsp3) is 0.500. The highest BCUT2D eigenvalue weighted by molar-refractivity contribution is 7.89. The van der Waals surface area contributed by atoms with Gasteiger partial charge in [0.15, 0.2) is 0 Å². The van der Waals surface area contributed by atoms with E-state index in [-0.39, 0.29) is 11.5 Å². The van der Waals surface area contributed by atoms with E-state index in [4.69, 9.17) is 11.6 Å². The van der Waals surface area contributed by atoms with Crippen LogP contribution in [0.2, 0.25) is 5.02 Å².